The monoisotopic (exact) mass is 636 g/mol. The van der Waals surface area contributed by atoms with Crippen molar-refractivity contribution < 1.29 is 24.3 Å². The number of fused-ring (bicyclic) bond motifs is 2. The standard InChI is InChI=1S/C34H36N8O5/c1-2-15-40-22-31(45)41-28(16-23-11-13-27(43)14-12-23)33(46)38(18-25-9-6-10-26-19-39(20-29(35)44)37-32(25)26)21-30(41)42(40)34(47)36-17-24-7-4-3-5-8-24/h2-14,19,28,30,43H,1,15-18,20-22H2,(H2,35,44)(H,36,47)/t28-,30-/m0/s1. The number of piperazine rings is 1. The molecule has 5 amide bonds. The summed E-state index contributed by atoms with van der Waals surface area (Å²) in [6.07, 6.45) is 2.71. The van der Waals surface area contributed by atoms with E-state index >= 15 is 0 Å². The first-order valence-corrected chi connectivity index (χ1v) is 15.3. The van der Waals surface area contributed by atoms with Gasteiger partial charge in [-0.3, -0.25) is 19.1 Å². The zero-order valence-electron chi connectivity index (χ0n) is 25.7. The second kappa shape index (κ2) is 13.3. The van der Waals surface area contributed by atoms with Gasteiger partial charge in [0.1, 0.15) is 24.5 Å². The molecule has 47 heavy (non-hydrogen) atoms. The number of urea groups is 1. The minimum absolute atomic E-state index is 0.0431. The number of amides is 5. The first-order valence-electron chi connectivity index (χ1n) is 15.3. The summed E-state index contributed by atoms with van der Waals surface area (Å²) in [4.78, 5) is 56.8. The molecule has 0 bridgehead atoms. The van der Waals surface area contributed by atoms with E-state index in [-0.39, 0.29) is 63.3 Å². The van der Waals surface area contributed by atoms with Gasteiger partial charge in [0.2, 0.25) is 17.7 Å². The molecule has 6 rings (SSSR count). The highest BCUT2D eigenvalue weighted by Crippen LogP contribution is 2.30. The van der Waals surface area contributed by atoms with Crippen molar-refractivity contribution in [3.05, 3.63) is 108 Å². The molecular formula is C34H36N8O5. The molecule has 2 fully saturated rings. The molecule has 13 nitrogen and oxygen atoms in total. The van der Waals surface area contributed by atoms with Crippen LogP contribution in [0.4, 0.5) is 4.79 Å². The Hall–Kier alpha value is -5.69. The Morgan fingerprint density at radius 2 is 1.79 bits per heavy atom. The van der Waals surface area contributed by atoms with Crippen molar-refractivity contribution >= 4 is 34.7 Å². The summed E-state index contributed by atoms with van der Waals surface area (Å²) >= 11 is 0. The van der Waals surface area contributed by atoms with Crippen LogP contribution in [-0.4, -0.2) is 90.3 Å². The van der Waals surface area contributed by atoms with Gasteiger partial charge < -0.3 is 26.0 Å². The molecule has 3 aromatic carbocycles. The van der Waals surface area contributed by atoms with E-state index in [9.17, 15) is 24.3 Å². The van der Waals surface area contributed by atoms with E-state index in [4.69, 9.17) is 5.73 Å². The molecule has 2 saturated heterocycles. The Bertz CT molecular complexity index is 1810. The van der Waals surface area contributed by atoms with E-state index in [2.05, 4.69) is 17.0 Å². The Balaban J connectivity index is 1.36. The molecule has 0 saturated carbocycles. The number of phenols is 1. The number of primary amides is 1. The molecule has 0 radical (unpaired) electrons. The zero-order valence-corrected chi connectivity index (χ0v) is 25.7. The Morgan fingerprint density at radius 3 is 2.51 bits per heavy atom. The molecule has 0 unspecified atom stereocenters. The van der Waals surface area contributed by atoms with Gasteiger partial charge in [-0.2, -0.15) is 5.10 Å². The molecule has 0 aliphatic carbocycles. The summed E-state index contributed by atoms with van der Waals surface area (Å²) in [5, 5.41) is 21.4. The van der Waals surface area contributed by atoms with E-state index in [1.807, 2.05) is 48.5 Å². The largest absolute Gasteiger partial charge is 0.508 e. The van der Waals surface area contributed by atoms with Crippen LogP contribution in [0.5, 0.6) is 5.75 Å². The number of hydrazine groups is 1. The molecule has 2 atom stereocenters. The molecule has 1 aromatic heterocycles. The van der Waals surface area contributed by atoms with Crippen LogP contribution in [0.15, 0.2) is 91.6 Å². The van der Waals surface area contributed by atoms with Gasteiger partial charge in [0.15, 0.2) is 0 Å². The summed E-state index contributed by atoms with van der Waals surface area (Å²) in [6, 6.07) is 20.2. The van der Waals surface area contributed by atoms with E-state index in [0.717, 1.165) is 22.1 Å². The maximum absolute atomic E-state index is 14.3. The third-order valence-electron chi connectivity index (χ3n) is 8.38. The van der Waals surface area contributed by atoms with Crippen LogP contribution in [0.3, 0.4) is 0 Å². The number of hydrogen-bond donors (Lipinski definition) is 3. The summed E-state index contributed by atoms with van der Waals surface area (Å²) < 4.78 is 1.47. The average molecular weight is 637 g/mol. The van der Waals surface area contributed by atoms with Gasteiger partial charge in [-0.1, -0.05) is 66.7 Å². The number of rotatable bonds is 10. The van der Waals surface area contributed by atoms with Gasteiger partial charge in [0.05, 0.1) is 18.6 Å². The quantitative estimate of drug-likeness (QED) is 0.225. The molecule has 2 aliphatic heterocycles. The SMILES string of the molecule is C=CCN1CC(=O)N2[C@@H](Cc3ccc(O)cc3)C(=O)N(Cc3cccc4cn(CC(N)=O)nc34)C[C@@H]2N1C(=O)NCc1ccccc1. The number of aromatic hydroxyl groups is 1. The summed E-state index contributed by atoms with van der Waals surface area (Å²) in [5.74, 6) is -1.01. The third kappa shape index (κ3) is 6.65. The van der Waals surface area contributed by atoms with Crippen molar-refractivity contribution in [1.82, 2.24) is 34.9 Å². The minimum atomic E-state index is -0.923. The lowest BCUT2D eigenvalue weighted by Crippen LogP contribution is -2.76. The van der Waals surface area contributed by atoms with Crippen LogP contribution < -0.4 is 11.1 Å². The summed E-state index contributed by atoms with van der Waals surface area (Å²) in [7, 11) is 0. The van der Waals surface area contributed by atoms with E-state index in [1.165, 1.54) is 26.7 Å². The number of carbonyl (C=O) groups is 4. The third-order valence-corrected chi connectivity index (χ3v) is 8.38. The van der Waals surface area contributed by atoms with Crippen LogP contribution in [0, 0.1) is 0 Å². The number of benzene rings is 3. The van der Waals surface area contributed by atoms with Gasteiger partial charge in [0.25, 0.3) is 0 Å². The molecule has 2 aliphatic rings. The van der Waals surface area contributed by atoms with Gasteiger partial charge in [0, 0.05) is 37.6 Å². The van der Waals surface area contributed by atoms with Crippen LogP contribution in [-0.2, 0) is 40.4 Å². The number of nitrogens with one attached hydrogen (secondary N) is 1. The topological polar surface area (TPSA) is 157 Å². The number of nitrogens with two attached hydrogens (primary N) is 1. The highest BCUT2D eigenvalue weighted by atomic mass is 16.3. The lowest BCUT2D eigenvalue weighted by atomic mass is 9.98. The number of aromatic nitrogens is 2. The predicted octanol–water partition coefficient (Wildman–Crippen LogP) is 1.96. The first-order chi connectivity index (χ1) is 22.7. The second-order valence-electron chi connectivity index (χ2n) is 11.7. The first kappa shape index (κ1) is 31.3. The van der Waals surface area contributed by atoms with Crippen molar-refractivity contribution in [3.8, 4) is 5.75 Å². The van der Waals surface area contributed by atoms with Crippen LogP contribution in [0.2, 0.25) is 0 Å². The highest BCUT2D eigenvalue weighted by Gasteiger charge is 2.51. The van der Waals surface area contributed by atoms with E-state index in [0.29, 0.717) is 5.52 Å². The number of hydrogen-bond acceptors (Lipinski definition) is 7. The zero-order chi connectivity index (χ0) is 33.1. The molecular weight excluding hydrogens is 600 g/mol. The van der Waals surface area contributed by atoms with Crippen molar-refractivity contribution in [2.24, 2.45) is 5.73 Å². The maximum atomic E-state index is 14.3. The fraction of sp³-hybridized carbons (Fsp3) is 0.265. The minimum Gasteiger partial charge on any atom is -0.508 e. The molecule has 4 aromatic rings. The summed E-state index contributed by atoms with van der Waals surface area (Å²) in [6.45, 7) is 4.33. The fourth-order valence-corrected chi connectivity index (χ4v) is 6.28. The molecule has 0 spiro atoms. The van der Waals surface area contributed by atoms with Crippen molar-refractivity contribution in [1.29, 1.82) is 0 Å². The van der Waals surface area contributed by atoms with Crippen LogP contribution in [0.25, 0.3) is 10.9 Å². The Morgan fingerprint density at radius 1 is 1.02 bits per heavy atom. The summed E-state index contributed by atoms with van der Waals surface area (Å²) in [5.41, 5.74) is 8.40. The molecule has 4 N–H and O–H groups in total. The normalized spacial score (nSPS) is 18.3. The van der Waals surface area contributed by atoms with Crippen LogP contribution >= 0.6 is 0 Å². The molecule has 3 heterocycles. The predicted molar refractivity (Wildman–Crippen MR) is 173 cm³/mol. The smallest absolute Gasteiger partial charge is 0.334 e. The van der Waals surface area contributed by atoms with Crippen LogP contribution in [0.1, 0.15) is 16.7 Å². The lowest BCUT2D eigenvalue weighted by molar-refractivity contribution is -0.189. The van der Waals surface area contributed by atoms with Crippen molar-refractivity contribution in [2.45, 2.75) is 38.3 Å². The van der Waals surface area contributed by atoms with Gasteiger partial charge >= 0.3 is 6.03 Å². The van der Waals surface area contributed by atoms with E-state index in [1.54, 1.807) is 34.3 Å². The number of phenolic OH excluding ortho intramolecular Hbond substituents is 1. The maximum Gasteiger partial charge on any atom is 0.334 e. The molecule has 242 valence electrons. The van der Waals surface area contributed by atoms with Gasteiger partial charge in [-0.25, -0.2) is 14.8 Å². The lowest BCUT2D eigenvalue weighted by Gasteiger charge is -2.55. The van der Waals surface area contributed by atoms with Crippen molar-refractivity contribution in [2.75, 3.05) is 19.6 Å². The highest BCUT2D eigenvalue weighted by molar-refractivity contribution is 5.92. The number of nitrogens with zero attached hydrogens (tertiary/aromatic N) is 6. The van der Waals surface area contributed by atoms with Crippen molar-refractivity contribution in [3.63, 3.8) is 0 Å². The Kier molecular flexibility index (Phi) is 8.89. The van der Waals surface area contributed by atoms with Gasteiger partial charge in [-0.15, -0.1) is 6.58 Å². The van der Waals surface area contributed by atoms with Gasteiger partial charge in [-0.05, 0) is 28.8 Å². The Labute approximate surface area is 271 Å². The fourth-order valence-electron chi connectivity index (χ4n) is 6.28. The number of carbonyl (C=O) groups excluding carboxylic acids is 4. The van der Waals surface area contributed by atoms with E-state index < -0.39 is 24.1 Å². The molecule has 13 heteroatoms. The average Bonchev–Trinajstić information content (AvgIpc) is 3.46. The second-order valence-corrected chi connectivity index (χ2v) is 11.7.